The highest BCUT2D eigenvalue weighted by Crippen LogP contribution is 2.30. The van der Waals surface area contributed by atoms with E-state index in [0.29, 0.717) is 11.5 Å². The Morgan fingerprint density at radius 2 is 1.85 bits per heavy atom. The summed E-state index contributed by atoms with van der Waals surface area (Å²) in [5, 5.41) is 5.50. The van der Waals surface area contributed by atoms with Gasteiger partial charge in [0, 0.05) is 6.04 Å². The number of alkyl halides is 3. The van der Waals surface area contributed by atoms with Gasteiger partial charge in [-0.05, 0) is 31.5 Å². The molecule has 20 heavy (non-hydrogen) atoms. The number of halogens is 3. The van der Waals surface area contributed by atoms with E-state index in [1.807, 2.05) is 13.8 Å². The van der Waals surface area contributed by atoms with Gasteiger partial charge in [-0.25, -0.2) is 4.99 Å². The van der Waals surface area contributed by atoms with E-state index in [4.69, 9.17) is 0 Å². The van der Waals surface area contributed by atoms with E-state index in [0.717, 1.165) is 12.1 Å². The van der Waals surface area contributed by atoms with Crippen LogP contribution in [-0.2, 0) is 11.0 Å². The molecule has 108 valence electrons. The van der Waals surface area contributed by atoms with E-state index < -0.39 is 17.8 Å². The highest BCUT2D eigenvalue weighted by atomic mass is 19.4. The molecule has 7 heteroatoms. The van der Waals surface area contributed by atoms with Crippen molar-refractivity contribution < 1.29 is 18.0 Å². The Hall–Kier alpha value is -2.05. The number of rotatable bonds is 2. The van der Waals surface area contributed by atoms with Gasteiger partial charge >= 0.3 is 6.18 Å². The van der Waals surface area contributed by atoms with Crippen LogP contribution in [0, 0.1) is 0 Å². The monoisotopic (exact) mass is 285 g/mol. The first-order chi connectivity index (χ1) is 9.27. The third-order valence-corrected chi connectivity index (χ3v) is 2.73. The number of carbonyl (C=O) groups excluding carboxylic acids is 1. The molecule has 0 saturated carbocycles. The predicted molar refractivity (Wildman–Crippen MR) is 68.0 cm³/mol. The van der Waals surface area contributed by atoms with Gasteiger partial charge in [-0.15, -0.1) is 0 Å². The quantitative estimate of drug-likeness (QED) is 0.875. The van der Waals surface area contributed by atoms with E-state index >= 15 is 0 Å². The second-order valence-electron chi connectivity index (χ2n) is 4.79. The number of aliphatic imine (C=N–C) groups is 1. The molecule has 1 heterocycles. The molecular weight excluding hydrogens is 271 g/mol. The average molecular weight is 285 g/mol. The Kier molecular flexibility index (Phi) is 3.69. The molecule has 0 radical (unpaired) electrons. The van der Waals surface area contributed by atoms with Crippen LogP contribution >= 0.6 is 0 Å². The summed E-state index contributed by atoms with van der Waals surface area (Å²) >= 11 is 0. The van der Waals surface area contributed by atoms with Crippen molar-refractivity contribution in [3.63, 3.8) is 0 Å². The number of hydrogen-bond donors (Lipinski definition) is 2. The fourth-order valence-corrected chi connectivity index (χ4v) is 1.83. The summed E-state index contributed by atoms with van der Waals surface area (Å²) < 4.78 is 37.4. The number of nitrogens with one attached hydrogen (secondary N) is 2. The van der Waals surface area contributed by atoms with E-state index in [2.05, 4.69) is 15.6 Å². The lowest BCUT2D eigenvalue weighted by atomic mass is 10.1. The van der Waals surface area contributed by atoms with Crippen LogP contribution in [-0.4, -0.2) is 17.9 Å². The van der Waals surface area contributed by atoms with Crippen LogP contribution in [0.5, 0.6) is 0 Å². The van der Waals surface area contributed by atoms with Crippen molar-refractivity contribution in [3.8, 4) is 0 Å². The number of nitrogens with zero attached hydrogens (tertiary/aromatic N) is 1. The van der Waals surface area contributed by atoms with Crippen LogP contribution < -0.4 is 10.6 Å². The summed E-state index contributed by atoms with van der Waals surface area (Å²) in [7, 11) is 0. The molecule has 1 amide bonds. The molecule has 1 aliphatic rings. The average Bonchev–Trinajstić information content (AvgIpc) is 2.68. The van der Waals surface area contributed by atoms with E-state index in [1.54, 1.807) is 0 Å². The zero-order valence-electron chi connectivity index (χ0n) is 11.0. The molecular formula is C13H14F3N3O. The number of amides is 1. The van der Waals surface area contributed by atoms with Gasteiger partial charge in [0.25, 0.3) is 5.91 Å². The van der Waals surface area contributed by atoms with E-state index in [9.17, 15) is 18.0 Å². The maximum Gasteiger partial charge on any atom is 0.416 e. The minimum atomic E-state index is -4.38. The molecule has 0 spiro atoms. The molecule has 1 aromatic rings. The molecule has 2 rings (SSSR count). The smallest absolute Gasteiger partial charge is 0.354 e. The molecule has 1 atom stereocenters. The number of carbonyl (C=O) groups is 1. The van der Waals surface area contributed by atoms with E-state index in [1.165, 1.54) is 12.1 Å². The lowest BCUT2D eigenvalue weighted by molar-refractivity contribution is -0.137. The van der Waals surface area contributed by atoms with Crippen LogP contribution in [0.25, 0.3) is 0 Å². The molecule has 2 N–H and O–H groups in total. The van der Waals surface area contributed by atoms with Crippen LogP contribution in [0.1, 0.15) is 31.0 Å². The van der Waals surface area contributed by atoms with Gasteiger partial charge in [0.2, 0.25) is 0 Å². The minimum Gasteiger partial charge on any atom is -0.354 e. The van der Waals surface area contributed by atoms with Crippen LogP contribution in [0.4, 0.5) is 13.2 Å². The Balaban J connectivity index is 2.19. The molecule has 0 bridgehead atoms. The van der Waals surface area contributed by atoms with Crippen LogP contribution in [0.2, 0.25) is 0 Å². The highest BCUT2D eigenvalue weighted by molar-refractivity contribution is 6.05. The molecule has 0 aliphatic carbocycles. The summed E-state index contributed by atoms with van der Waals surface area (Å²) in [5.41, 5.74) is -0.319. The molecule has 4 nitrogen and oxygen atoms in total. The fourth-order valence-electron chi connectivity index (χ4n) is 1.83. The lowest BCUT2D eigenvalue weighted by Crippen LogP contribution is -2.40. The molecule has 1 aliphatic heterocycles. The Morgan fingerprint density at radius 1 is 1.25 bits per heavy atom. The van der Waals surface area contributed by atoms with Gasteiger partial charge in [0.1, 0.15) is 0 Å². The van der Waals surface area contributed by atoms with Crippen molar-refractivity contribution in [2.75, 3.05) is 0 Å². The lowest BCUT2D eigenvalue weighted by Gasteiger charge is -2.09. The van der Waals surface area contributed by atoms with Gasteiger partial charge in [0.05, 0.1) is 5.56 Å². The van der Waals surface area contributed by atoms with Crippen LogP contribution in [0.3, 0.4) is 0 Å². The highest BCUT2D eigenvalue weighted by Gasteiger charge is 2.32. The molecule has 0 fully saturated rings. The summed E-state index contributed by atoms with van der Waals surface area (Å²) in [6.07, 6.45) is -4.38. The largest absolute Gasteiger partial charge is 0.416 e. The number of guanidine groups is 1. The Morgan fingerprint density at radius 3 is 2.35 bits per heavy atom. The molecule has 1 unspecified atom stereocenters. The van der Waals surface area contributed by atoms with Crippen molar-refractivity contribution in [2.24, 2.45) is 4.99 Å². The van der Waals surface area contributed by atoms with Crippen molar-refractivity contribution in [3.05, 3.63) is 35.4 Å². The van der Waals surface area contributed by atoms with Gasteiger partial charge in [-0.3, -0.25) is 10.1 Å². The third-order valence-electron chi connectivity index (χ3n) is 2.73. The summed E-state index contributed by atoms with van der Waals surface area (Å²) in [5.74, 6) is -0.0113. The maximum absolute atomic E-state index is 12.5. The summed E-state index contributed by atoms with van der Waals surface area (Å²) in [6.45, 7) is 3.78. The second kappa shape index (κ2) is 5.15. The number of benzene rings is 1. The Bertz CT molecular complexity index is 535. The van der Waals surface area contributed by atoms with Gasteiger partial charge in [0.15, 0.2) is 12.0 Å². The first-order valence-electron chi connectivity index (χ1n) is 6.09. The summed E-state index contributed by atoms with van der Waals surface area (Å²) in [4.78, 5) is 15.9. The van der Waals surface area contributed by atoms with Crippen molar-refractivity contribution in [2.45, 2.75) is 32.1 Å². The fraction of sp³-hybridized carbons (Fsp3) is 0.385. The Labute approximate surface area is 114 Å². The zero-order chi connectivity index (χ0) is 14.9. The predicted octanol–water partition coefficient (Wildman–Crippen LogP) is 2.23. The van der Waals surface area contributed by atoms with Crippen molar-refractivity contribution in [1.82, 2.24) is 10.6 Å². The SMILES string of the molecule is CC(C)NC1=NC(c2ccc(C(F)(F)F)cc2)C(=O)N1. The maximum atomic E-state index is 12.5. The zero-order valence-corrected chi connectivity index (χ0v) is 11.0. The standard InChI is InChI=1S/C13H14F3N3O/c1-7(2)17-12-18-10(11(20)19-12)8-3-5-9(6-4-8)13(14,15)16/h3-7,10H,1-2H3,(H2,17,18,19,20). The van der Waals surface area contributed by atoms with Crippen molar-refractivity contribution in [1.29, 1.82) is 0 Å². The first-order valence-corrected chi connectivity index (χ1v) is 6.09. The molecule has 0 saturated heterocycles. The third kappa shape index (κ3) is 3.09. The van der Waals surface area contributed by atoms with Gasteiger partial charge in [-0.2, -0.15) is 13.2 Å². The molecule has 1 aromatic carbocycles. The second-order valence-corrected chi connectivity index (χ2v) is 4.79. The minimum absolute atomic E-state index is 0.0976. The van der Waals surface area contributed by atoms with Crippen LogP contribution in [0.15, 0.2) is 29.3 Å². The normalized spacial score (nSPS) is 19.0. The van der Waals surface area contributed by atoms with Gasteiger partial charge in [-0.1, -0.05) is 12.1 Å². The topological polar surface area (TPSA) is 53.5 Å². The van der Waals surface area contributed by atoms with E-state index in [-0.39, 0.29) is 11.9 Å². The van der Waals surface area contributed by atoms with Gasteiger partial charge < -0.3 is 5.32 Å². The number of hydrogen-bond acceptors (Lipinski definition) is 3. The summed E-state index contributed by atoms with van der Waals surface area (Å²) in [6, 6.07) is 3.74. The molecule has 0 aromatic heterocycles. The first kappa shape index (κ1) is 14.4. The van der Waals surface area contributed by atoms with Crippen molar-refractivity contribution >= 4 is 11.9 Å².